The van der Waals surface area contributed by atoms with E-state index in [4.69, 9.17) is 4.74 Å². The summed E-state index contributed by atoms with van der Waals surface area (Å²) in [6.07, 6.45) is 1.12. The van der Waals surface area contributed by atoms with Crippen molar-refractivity contribution in [3.63, 3.8) is 0 Å². The average Bonchev–Trinajstić information content (AvgIpc) is 2.20. The Morgan fingerprint density at radius 2 is 1.88 bits per heavy atom. The normalized spacial score (nSPS) is 12.6. The van der Waals surface area contributed by atoms with Gasteiger partial charge in [0.1, 0.15) is 0 Å². The quantitative estimate of drug-likeness (QED) is 0.287. The van der Waals surface area contributed by atoms with Crippen LogP contribution in [0.25, 0.3) is 0 Å². The molecule has 0 saturated heterocycles. The fourth-order valence-electron chi connectivity index (χ4n) is 0.909. The molecular weight excluding hydrogens is 232 g/mol. The summed E-state index contributed by atoms with van der Waals surface area (Å²) in [6.45, 7) is 2.03. The zero-order valence-electron chi connectivity index (χ0n) is 9.91. The van der Waals surface area contributed by atoms with Crippen LogP contribution in [0.2, 0.25) is 0 Å². The minimum atomic E-state index is -3.12. The molecule has 8 heteroatoms. The number of ether oxygens (including phenoxy) is 1. The van der Waals surface area contributed by atoms with E-state index in [0.29, 0.717) is 32.2 Å². The molecule has 0 aromatic carbocycles. The van der Waals surface area contributed by atoms with Gasteiger partial charge in [0, 0.05) is 33.8 Å². The molecule has 96 valence electrons. The number of hydrogen-bond donors (Lipinski definition) is 3. The van der Waals surface area contributed by atoms with Crippen LogP contribution in [0.4, 0.5) is 0 Å². The van der Waals surface area contributed by atoms with Gasteiger partial charge in [-0.1, -0.05) is 0 Å². The van der Waals surface area contributed by atoms with Crippen LogP contribution >= 0.6 is 0 Å². The Labute approximate surface area is 96.7 Å². The summed E-state index contributed by atoms with van der Waals surface area (Å²) in [6, 6.07) is 0. The number of hydrogen-bond acceptors (Lipinski definition) is 4. The van der Waals surface area contributed by atoms with Crippen molar-refractivity contribution in [1.82, 2.24) is 15.4 Å². The first-order valence-corrected chi connectivity index (χ1v) is 6.77. The fourth-order valence-corrected chi connectivity index (χ4v) is 1.38. The van der Waals surface area contributed by atoms with Gasteiger partial charge in [-0.05, 0) is 0 Å². The van der Waals surface area contributed by atoms with Crippen LogP contribution in [-0.4, -0.2) is 61.0 Å². The highest BCUT2D eigenvalue weighted by Gasteiger charge is 1.99. The Bertz CT molecular complexity index is 302. The molecular formula is C8H20N4O3S. The first-order chi connectivity index (χ1) is 7.49. The smallest absolute Gasteiger partial charge is 0.208 e. The van der Waals surface area contributed by atoms with E-state index in [1.165, 1.54) is 0 Å². The monoisotopic (exact) mass is 252 g/mol. The second-order valence-electron chi connectivity index (χ2n) is 3.09. The van der Waals surface area contributed by atoms with Crippen molar-refractivity contribution in [2.24, 2.45) is 4.99 Å². The second kappa shape index (κ2) is 8.31. The van der Waals surface area contributed by atoms with Gasteiger partial charge in [-0.2, -0.15) is 0 Å². The first kappa shape index (κ1) is 15.1. The molecule has 0 bridgehead atoms. The van der Waals surface area contributed by atoms with Gasteiger partial charge in [0.2, 0.25) is 10.0 Å². The van der Waals surface area contributed by atoms with Crippen LogP contribution in [0.1, 0.15) is 0 Å². The zero-order chi connectivity index (χ0) is 12.4. The molecule has 0 aromatic heterocycles. The molecule has 0 aliphatic carbocycles. The van der Waals surface area contributed by atoms with E-state index < -0.39 is 10.0 Å². The summed E-state index contributed by atoms with van der Waals surface area (Å²) in [4.78, 5) is 3.96. The lowest BCUT2D eigenvalue weighted by molar-refractivity contribution is 0.203. The highest BCUT2D eigenvalue weighted by molar-refractivity contribution is 7.88. The molecule has 3 N–H and O–H groups in total. The molecule has 0 saturated carbocycles. The van der Waals surface area contributed by atoms with E-state index in [2.05, 4.69) is 20.3 Å². The molecule has 0 radical (unpaired) electrons. The van der Waals surface area contributed by atoms with Crippen LogP contribution in [0.3, 0.4) is 0 Å². The molecule has 0 aliphatic heterocycles. The Morgan fingerprint density at radius 1 is 1.25 bits per heavy atom. The maximum atomic E-state index is 10.8. The minimum absolute atomic E-state index is 0.323. The molecule has 0 spiro atoms. The van der Waals surface area contributed by atoms with Crippen molar-refractivity contribution < 1.29 is 13.2 Å². The van der Waals surface area contributed by atoms with Gasteiger partial charge in [-0.15, -0.1) is 0 Å². The second-order valence-corrected chi connectivity index (χ2v) is 4.92. The van der Waals surface area contributed by atoms with Crippen molar-refractivity contribution >= 4 is 16.0 Å². The maximum Gasteiger partial charge on any atom is 0.208 e. The topological polar surface area (TPSA) is 91.8 Å². The molecule has 0 amide bonds. The number of aliphatic imine (C=N–C) groups is 1. The van der Waals surface area contributed by atoms with E-state index >= 15 is 0 Å². The highest BCUT2D eigenvalue weighted by Crippen LogP contribution is 1.73. The first-order valence-electron chi connectivity index (χ1n) is 4.87. The van der Waals surface area contributed by atoms with Crippen LogP contribution < -0.4 is 15.4 Å². The van der Waals surface area contributed by atoms with Crippen LogP contribution in [0.15, 0.2) is 4.99 Å². The number of sulfonamides is 1. The van der Waals surface area contributed by atoms with Crippen molar-refractivity contribution in [2.45, 2.75) is 0 Å². The van der Waals surface area contributed by atoms with Gasteiger partial charge < -0.3 is 15.4 Å². The third-order valence-corrected chi connectivity index (χ3v) is 2.33. The van der Waals surface area contributed by atoms with Gasteiger partial charge in [0.05, 0.1) is 12.9 Å². The maximum absolute atomic E-state index is 10.8. The molecule has 7 nitrogen and oxygen atoms in total. The molecule has 16 heavy (non-hydrogen) atoms. The zero-order valence-corrected chi connectivity index (χ0v) is 10.7. The average molecular weight is 252 g/mol. The van der Waals surface area contributed by atoms with Gasteiger partial charge in [0.25, 0.3) is 0 Å². The summed E-state index contributed by atoms with van der Waals surface area (Å²) >= 11 is 0. The number of nitrogens with one attached hydrogen (secondary N) is 3. The van der Waals surface area contributed by atoms with E-state index in [0.717, 1.165) is 6.26 Å². The van der Waals surface area contributed by atoms with Crippen LogP contribution in [-0.2, 0) is 14.8 Å². The molecule has 0 fully saturated rings. The number of rotatable bonds is 7. The molecule has 0 aliphatic rings. The fraction of sp³-hybridized carbons (Fsp3) is 0.875. The Hall–Kier alpha value is -0.860. The van der Waals surface area contributed by atoms with E-state index in [1.54, 1.807) is 14.2 Å². The van der Waals surface area contributed by atoms with Crippen molar-refractivity contribution in [3.05, 3.63) is 0 Å². The summed E-state index contributed by atoms with van der Waals surface area (Å²) < 4.78 is 28.8. The number of nitrogens with zero attached hydrogens (tertiary/aromatic N) is 1. The van der Waals surface area contributed by atoms with Crippen molar-refractivity contribution in [2.75, 3.05) is 46.7 Å². The standard InChI is InChI=1S/C8H20N4O3S/c1-9-8(11-6-7-15-2)10-4-5-12-16(3,13)14/h12H,4-7H2,1-3H3,(H2,9,10,11). The van der Waals surface area contributed by atoms with E-state index in [9.17, 15) is 8.42 Å². The number of methoxy groups -OCH3 is 1. The third-order valence-electron chi connectivity index (χ3n) is 1.60. The molecule has 0 heterocycles. The summed E-state index contributed by atoms with van der Waals surface area (Å²) in [5, 5.41) is 5.96. The Balaban J connectivity index is 3.64. The lowest BCUT2D eigenvalue weighted by Gasteiger charge is -2.11. The Morgan fingerprint density at radius 3 is 2.38 bits per heavy atom. The molecule has 0 atom stereocenters. The highest BCUT2D eigenvalue weighted by atomic mass is 32.2. The van der Waals surface area contributed by atoms with Crippen molar-refractivity contribution in [1.29, 1.82) is 0 Å². The van der Waals surface area contributed by atoms with E-state index in [1.807, 2.05) is 0 Å². The van der Waals surface area contributed by atoms with Gasteiger partial charge >= 0.3 is 0 Å². The van der Waals surface area contributed by atoms with Crippen LogP contribution in [0, 0.1) is 0 Å². The van der Waals surface area contributed by atoms with Crippen LogP contribution in [0.5, 0.6) is 0 Å². The minimum Gasteiger partial charge on any atom is -0.383 e. The lowest BCUT2D eigenvalue weighted by Crippen LogP contribution is -2.42. The lowest BCUT2D eigenvalue weighted by atomic mass is 10.6. The number of guanidine groups is 1. The van der Waals surface area contributed by atoms with E-state index in [-0.39, 0.29) is 0 Å². The summed E-state index contributed by atoms with van der Waals surface area (Å²) in [7, 11) is 0.144. The summed E-state index contributed by atoms with van der Waals surface area (Å²) in [5.41, 5.74) is 0. The van der Waals surface area contributed by atoms with Gasteiger partial charge in [-0.25, -0.2) is 13.1 Å². The predicted octanol–water partition coefficient (Wildman–Crippen LogP) is -1.65. The van der Waals surface area contributed by atoms with Gasteiger partial charge in [0.15, 0.2) is 5.96 Å². The molecule has 0 unspecified atom stereocenters. The molecule has 0 rings (SSSR count). The molecule has 0 aromatic rings. The van der Waals surface area contributed by atoms with Crippen molar-refractivity contribution in [3.8, 4) is 0 Å². The Kier molecular flexibility index (Phi) is 7.86. The SMILES string of the molecule is CN=C(NCCNS(C)(=O)=O)NCCOC. The summed E-state index contributed by atoms with van der Waals surface area (Å²) in [5.74, 6) is 0.618. The third kappa shape index (κ3) is 9.69. The largest absolute Gasteiger partial charge is 0.383 e. The predicted molar refractivity (Wildman–Crippen MR) is 64.1 cm³/mol. The van der Waals surface area contributed by atoms with Gasteiger partial charge in [-0.3, -0.25) is 4.99 Å².